The fourth-order valence-electron chi connectivity index (χ4n) is 3.14. The highest BCUT2D eigenvalue weighted by Gasteiger charge is 2.21. The van der Waals surface area contributed by atoms with Gasteiger partial charge in [0.25, 0.3) is 0 Å². The third kappa shape index (κ3) is 4.80. The zero-order chi connectivity index (χ0) is 20.2. The van der Waals surface area contributed by atoms with Crippen LogP contribution in [0.5, 0.6) is 5.75 Å². The van der Waals surface area contributed by atoms with Gasteiger partial charge in [-0.3, -0.25) is 0 Å². The van der Waals surface area contributed by atoms with Crippen LogP contribution in [-0.4, -0.2) is 48.3 Å². The molecule has 0 aliphatic carbocycles. The highest BCUT2D eigenvalue weighted by molar-refractivity contribution is 7.80. The molecule has 4 rings (SSSR count). The molecule has 0 amide bonds. The number of hydrogen-bond acceptors (Lipinski definition) is 5. The Kier molecular flexibility index (Phi) is 6.18. The van der Waals surface area contributed by atoms with Crippen molar-refractivity contribution in [2.45, 2.75) is 0 Å². The van der Waals surface area contributed by atoms with Crippen LogP contribution in [0, 0.1) is 0 Å². The molecule has 8 heteroatoms. The average Bonchev–Trinajstić information content (AvgIpc) is 3.25. The van der Waals surface area contributed by atoms with E-state index in [9.17, 15) is 0 Å². The van der Waals surface area contributed by atoms with Crippen molar-refractivity contribution in [2.75, 3.05) is 43.5 Å². The first-order chi connectivity index (χ1) is 14.1. The molecule has 0 radical (unpaired) electrons. The molecule has 2 heterocycles. The van der Waals surface area contributed by atoms with E-state index < -0.39 is 0 Å². The summed E-state index contributed by atoms with van der Waals surface area (Å²) in [6, 6.07) is 15.6. The van der Waals surface area contributed by atoms with Crippen LogP contribution in [0.1, 0.15) is 0 Å². The van der Waals surface area contributed by atoms with E-state index in [2.05, 4.69) is 20.5 Å². The summed E-state index contributed by atoms with van der Waals surface area (Å²) in [6.45, 7) is 3.49. The molecule has 29 heavy (non-hydrogen) atoms. The van der Waals surface area contributed by atoms with Crippen LogP contribution < -0.4 is 15.0 Å². The van der Waals surface area contributed by atoms with Gasteiger partial charge in [-0.15, -0.1) is 11.3 Å². The number of nitrogens with zero attached hydrogens (tertiary/aromatic N) is 3. The summed E-state index contributed by atoms with van der Waals surface area (Å²) in [6.07, 6.45) is 0. The Hall–Kier alpha value is -2.35. The van der Waals surface area contributed by atoms with Crippen molar-refractivity contribution < 1.29 is 4.74 Å². The van der Waals surface area contributed by atoms with E-state index >= 15 is 0 Å². The SMILES string of the molecule is COc1ccc(NC(=S)N2CCN(c3nc(-c4ccc(Cl)cc4)cs3)CC2)cc1. The van der Waals surface area contributed by atoms with Gasteiger partial charge in [0.05, 0.1) is 12.8 Å². The maximum Gasteiger partial charge on any atom is 0.185 e. The summed E-state index contributed by atoms with van der Waals surface area (Å²) < 4.78 is 5.19. The number of benzene rings is 2. The summed E-state index contributed by atoms with van der Waals surface area (Å²) >= 11 is 13.2. The first-order valence-corrected chi connectivity index (χ1v) is 11.0. The molecular weight excluding hydrogens is 424 g/mol. The number of hydrogen-bond donors (Lipinski definition) is 1. The molecular formula is C21H21ClN4OS2. The first-order valence-electron chi connectivity index (χ1n) is 9.29. The van der Waals surface area contributed by atoms with E-state index in [4.69, 9.17) is 33.5 Å². The van der Waals surface area contributed by atoms with Crippen LogP contribution in [0.3, 0.4) is 0 Å². The smallest absolute Gasteiger partial charge is 0.185 e. The number of halogens is 1. The maximum atomic E-state index is 5.98. The first kappa shape index (κ1) is 19.9. The summed E-state index contributed by atoms with van der Waals surface area (Å²) in [5.74, 6) is 0.830. The molecule has 0 unspecified atom stereocenters. The third-order valence-electron chi connectivity index (χ3n) is 4.81. The highest BCUT2D eigenvalue weighted by Crippen LogP contribution is 2.29. The topological polar surface area (TPSA) is 40.6 Å². The molecule has 0 atom stereocenters. The van der Waals surface area contributed by atoms with Crippen molar-refractivity contribution in [1.29, 1.82) is 0 Å². The number of nitrogens with one attached hydrogen (secondary N) is 1. The van der Waals surface area contributed by atoms with Crippen molar-refractivity contribution in [3.05, 3.63) is 58.9 Å². The second-order valence-corrected chi connectivity index (χ2v) is 8.31. The number of anilines is 2. The van der Waals surface area contributed by atoms with Gasteiger partial charge in [0.15, 0.2) is 10.2 Å². The molecule has 0 saturated carbocycles. The highest BCUT2D eigenvalue weighted by atomic mass is 35.5. The summed E-state index contributed by atoms with van der Waals surface area (Å²) in [5.41, 5.74) is 3.03. The Morgan fingerprint density at radius 2 is 1.76 bits per heavy atom. The Morgan fingerprint density at radius 1 is 1.07 bits per heavy atom. The lowest BCUT2D eigenvalue weighted by molar-refractivity contribution is 0.390. The fraction of sp³-hybridized carbons (Fsp3) is 0.238. The van der Waals surface area contributed by atoms with E-state index in [-0.39, 0.29) is 0 Å². The van der Waals surface area contributed by atoms with Crippen LogP contribution >= 0.6 is 35.2 Å². The maximum absolute atomic E-state index is 5.98. The second-order valence-electron chi connectivity index (χ2n) is 6.65. The predicted octanol–water partition coefficient (Wildman–Crippen LogP) is 4.99. The Bertz CT molecular complexity index is 967. The van der Waals surface area contributed by atoms with Gasteiger partial charge in [-0.1, -0.05) is 23.7 Å². The summed E-state index contributed by atoms with van der Waals surface area (Å²) in [5, 5.41) is 7.93. The predicted molar refractivity (Wildman–Crippen MR) is 126 cm³/mol. The minimum absolute atomic E-state index is 0.736. The van der Waals surface area contributed by atoms with Crippen molar-refractivity contribution in [3.63, 3.8) is 0 Å². The number of rotatable bonds is 4. The summed E-state index contributed by atoms with van der Waals surface area (Å²) in [7, 11) is 1.66. The Labute approximate surface area is 184 Å². The number of piperazine rings is 1. The Morgan fingerprint density at radius 3 is 2.41 bits per heavy atom. The normalized spacial score (nSPS) is 14.0. The molecule has 0 bridgehead atoms. The van der Waals surface area contributed by atoms with Gasteiger partial charge in [-0.2, -0.15) is 0 Å². The van der Waals surface area contributed by atoms with Crippen molar-refractivity contribution >= 4 is 51.1 Å². The number of ether oxygens (including phenoxy) is 1. The summed E-state index contributed by atoms with van der Waals surface area (Å²) in [4.78, 5) is 9.32. The van der Waals surface area contributed by atoms with E-state index in [1.54, 1.807) is 18.4 Å². The van der Waals surface area contributed by atoms with Crippen molar-refractivity contribution in [1.82, 2.24) is 9.88 Å². The second kappa shape index (κ2) is 8.98. The molecule has 1 aliphatic heterocycles. The van der Waals surface area contributed by atoms with Crippen LogP contribution in [0.15, 0.2) is 53.9 Å². The number of aromatic nitrogens is 1. The number of methoxy groups -OCH3 is 1. The molecule has 1 aromatic heterocycles. The van der Waals surface area contributed by atoms with Crippen LogP contribution in [0.2, 0.25) is 5.02 Å². The van der Waals surface area contributed by atoms with E-state index in [0.717, 1.165) is 64.1 Å². The van der Waals surface area contributed by atoms with Gasteiger partial charge in [0.2, 0.25) is 0 Å². The molecule has 3 aromatic rings. The molecule has 150 valence electrons. The van der Waals surface area contributed by atoms with E-state index in [1.165, 1.54) is 0 Å². The van der Waals surface area contributed by atoms with E-state index in [1.807, 2.05) is 48.5 Å². The monoisotopic (exact) mass is 444 g/mol. The van der Waals surface area contributed by atoms with Gasteiger partial charge >= 0.3 is 0 Å². The third-order valence-corrected chi connectivity index (χ3v) is 6.32. The molecule has 1 saturated heterocycles. The number of thiocarbonyl (C=S) groups is 1. The van der Waals surface area contributed by atoms with Crippen molar-refractivity contribution in [2.24, 2.45) is 0 Å². The lowest BCUT2D eigenvalue weighted by Crippen LogP contribution is -2.50. The Balaban J connectivity index is 1.33. The van der Waals surface area contributed by atoms with Gasteiger partial charge in [0, 0.05) is 47.8 Å². The molecule has 1 N–H and O–H groups in total. The standard InChI is InChI=1S/C21H21ClN4OS2/c1-27-18-8-6-17(7-9-18)23-20(28)25-10-12-26(13-11-25)21-24-19(14-29-21)15-2-4-16(22)5-3-15/h2-9,14H,10-13H2,1H3,(H,23,28). The van der Waals surface area contributed by atoms with Gasteiger partial charge in [-0.25, -0.2) is 4.98 Å². The lowest BCUT2D eigenvalue weighted by Gasteiger charge is -2.36. The van der Waals surface area contributed by atoms with E-state index in [0.29, 0.717) is 0 Å². The van der Waals surface area contributed by atoms with Gasteiger partial charge in [-0.05, 0) is 48.6 Å². The fourth-order valence-corrected chi connectivity index (χ4v) is 4.46. The molecule has 1 aliphatic rings. The minimum atomic E-state index is 0.736. The van der Waals surface area contributed by atoms with Crippen LogP contribution in [-0.2, 0) is 0 Å². The van der Waals surface area contributed by atoms with Crippen LogP contribution in [0.4, 0.5) is 10.8 Å². The zero-order valence-corrected chi connectivity index (χ0v) is 18.4. The quantitative estimate of drug-likeness (QED) is 0.571. The zero-order valence-electron chi connectivity index (χ0n) is 16.0. The minimum Gasteiger partial charge on any atom is -0.497 e. The molecule has 2 aromatic carbocycles. The average molecular weight is 445 g/mol. The largest absolute Gasteiger partial charge is 0.497 e. The molecule has 0 spiro atoms. The molecule has 1 fully saturated rings. The lowest BCUT2D eigenvalue weighted by atomic mass is 10.2. The molecule has 5 nitrogen and oxygen atoms in total. The van der Waals surface area contributed by atoms with Gasteiger partial charge in [0.1, 0.15) is 5.75 Å². The van der Waals surface area contributed by atoms with Crippen LogP contribution in [0.25, 0.3) is 11.3 Å². The number of thiazole rings is 1. The van der Waals surface area contributed by atoms with Crippen molar-refractivity contribution in [3.8, 4) is 17.0 Å². The van der Waals surface area contributed by atoms with Gasteiger partial charge < -0.3 is 19.9 Å².